The van der Waals surface area contributed by atoms with Crippen molar-refractivity contribution in [1.82, 2.24) is 0 Å². The highest BCUT2D eigenvalue weighted by atomic mass is 16.6. The number of hydrogen-bond acceptors (Lipinski definition) is 10. The predicted octanol–water partition coefficient (Wildman–Crippen LogP) is 2.07. The lowest BCUT2D eigenvalue weighted by atomic mass is 9.46. The number of hydrogen-bond donors (Lipinski definition) is 2. The number of allylic oxidation sites excluding steroid dienone is 2. The van der Waals surface area contributed by atoms with Gasteiger partial charge in [-0.1, -0.05) is 38.2 Å². The fourth-order valence-corrected chi connectivity index (χ4v) is 6.27. The Labute approximate surface area is 231 Å². The molecule has 2 aliphatic carbocycles. The number of fused-ring (bicyclic) bond motifs is 1. The summed E-state index contributed by atoms with van der Waals surface area (Å²) in [5.74, 6) is -4.56. The van der Waals surface area contributed by atoms with E-state index in [1.54, 1.807) is 12.2 Å². The van der Waals surface area contributed by atoms with E-state index in [4.69, 9.17) is 33.9 Å². The molecule has 0 spiro atoms. The molecule has 0 aromatic heterocycles. The summed E-state index contributed by atoms with van der Waals surface area (Å²) >= 11 is 0. The van der Waals surface area contributed by atoms with Gasteiger partial charge in [-0.2, -0.15) is 0 Å². The van der Waals surface area contributed by atoms with Gasteiger partial charge in [0.2, 0.25) is 0 Å². The normalized spacial score (nSPS) is 29.9. The summed E-state index contributed by atoms with van der Waals surface area (Å²) in [6.07, 6.45) is 7.14. The van der Waals surface area contributed by atoms with Gasteiger partial charge in [0.1, 0.15) is 45.7 Å². The number of rotatable bonds is 13. The number of esters is 3. The molecule has 0 saturated heterocycles. The Morgan fingerprint density at radius 1 is 1.05 bits per heavy atom. The number of carbonyl (C=O) groups is 5. The van der Waals surface area contributed by atoms with Gasteiger partial charge in [0.15, 0.2) is 0 Å². The molecule has 1 heterocycles. The summed E-state index contributed by atoms with van der Waals surface area (Å²) in [7, 11) is 0. The highest BCUT2D eigenvalue weighted by Gasteiger charge is 2.59. The largest absolute Gasteiger partial charge is 0.480 e. The van der Waals surface area contributed by atoms with Crippen LogP contribution in [-0.4, -0.2) is 85.8 Å². The topological polar surface area (TPSA) is 172 Å². The van der Waals surface area contributed by atoms with E-state index < -0.39 is 67.2 Å². The smallest absolute Gasteiger partial charge is 0.338 e. The number of ether oxygens (including phenoxy) is 5. The van der Waals surface area contributed by atoms with Crippen molar-refractivity contribution >= 4 is 29.8 Å². The van der Waals surface area contributed by atoms with E-state index in [9.17, 15) is 24.0 Å². The van der Waals surface area contributed by atoms with E-state index in [-0.39, 0.29) is 31.0 Å². The van der Waals surface area contributed by atoms with Gasteiger partial charge in [-0.25, -0.2) is 24.0 Å². The third-order valence-corrected chi connectivity index (χ3v) is 8.11. The minimum atomic E-state index is -1.22. The molecule has 2 saturated carbocycles. The summed E-state index contributed by atoms with van der Waals surface area (Å²) in [4.78, 5) is 58.3. The fraction of sp³-hybridized carbons (Fsp3) is 0.607. The lowest BCUT2D eigenvalue weighted by molar-refractivity contribution is -0.195. The number of carboxylic acid groups (broad SMARTS) is 2. The van der Waals surface area contributed by atoms with Gasteiger partial charge in [-0.15, -0.1) is 0 Å². The van der Waals surface area contributed by atoms with E-state index in [1.807, 2.05) is 13.0 Å². The average molecular weight is 565 g/mol. The molecular weight excluding hydrogens is 528 g/mol. The Balaban J connectivity index is 1.83. The molecule has 40 heavy (non-hydrogen) atoms. The maximum atomic E-state index is 12.6. The van der Waals surface area contributed by atoms with Crippen LogP contribution in [0, 0.1) is 22.7 Å². The zero-order chi connectivity index (χ0) is 29.5. The van der Waals surface area contributed by atoms with Crippen LogP contribution in [0.15, 0.2) is 36.0 Å². The second-order valence-corrected chi connectivity index (χ2v) is 10.8. The van der Waals surface area contributed by atoms with Gasteiger partial charge < -0.3 is 33.9 Å². The first-order valence-electron chi connectivity index (χ1n) is 13.0. The van der Waals surface area contributed by atoms with Crippen molar-refractivity contribution in [3.05, 3.63) is 36.0 Å². The van der Waals surface area contributed by atoms with Gasteiger partial charge in [-0.05, 0) is 43.1 Å². The number of aliphatic carboxylic acids is 2. The molecule has 0 radical (unpaired) electrons. The molecule has 2 fully saturated rings. The van der Waals surface area contributed by atoms with Gasteiger partial charge in [0, 0.05) is 11.3 Å². The van der Waals surface area contributed by atoms with Gasteiger partial charge in [0.25, 0.3) is 0 Å². The monoisotopic (exact) mass is 564 g/mol. The van der Waals surface area contributed by atoms with Crippen LogP contribution in [0.1, 0.15) is 39.5 Å². The van der Waals surface area contributed by atoms with Crippen molar-refractivity contribution in [1.29, 1.82) is 0 Å². The molecule has 3 aliphatic rings. The van der Waals surface area contributed by atoms with Crippen LogP contribution in [0.2, 0.25) is 0 Å². The van der Waals surface area contributed by atoms with Crippen molar-refractivity contribution in [2.24, 2.45) is 22.7 Å². The number of carboxylic acids is 2. The van der Waals surface area contributed by atoms with Crippen molar-refractivity contribution in [3.8, 4) is 0 Å². The SMILES string of the molecule is C=C1CC[C@@H]2[C@](C)(COC(=O)COCC(=O)O)[C@H](OC(=O)COCC(=O)O)CC[C@@]2(C)[C@@H]1/C=C/C1=CCOC1=O. The molecule has 220 valence electrons. The van der Waals surface area contributed by atoms with E-state index in [1.165, 1.54) is 0 Å². The maximum Gasteiger partial charge on any atom is 0.338 e. The maximum absolute atomic E-state index is 12.6. The van der Waals surface area contributed by atoms with Gasteiger partial charge in [0.05, 0.1) is 5.57 Å². The van der Waals surface area contributed by atoms with E-state index in [0.29, 0.717) is 31.3 Å². The molecule has 1 aliphatic heterocycles. The molecule has 0 aromatic carbocycles. The van der Waals surface area contributed by atoms with E-state index in [0.717, 1.165) is 5.57 Å². The Hall–Kier alpha value is -3.51. The van der Waals surface area contributed by atoms with E-state index in [2.05, 4.69) is 13.5 Å². The van der Waals surface area contributed by atoms with Gasteiger partial charge >= 0.3 is 29.8 Å². The number of carbonyl (C=O) groups excluding carboxylic acids is 3. The fourth-order valence-electron chi connectivity index (χ4n) is 6.27. The lowest BCUT2D eigenvalue weighted by Gasteiger charge is -2.59. The quantitative estimate of drug-likeness (QED) is 0.190. The van der Waals surface area contributed by atoms with Crippen LogP contribution in [0.5, 0.6) is 0 Å². The molecular formula is C28H36O12. The molecule has 0 bridgehead atoms. The second kappa shape index (κ2) is 13.2. The summed E-state index contributed by atoms with van der Waals surface area (Å²) in [6.45, 7) is 6.00. The van der Waals surface area contributed by atoms with Crippen molar-refractivity contribution < 1.29 is 57.9 Å². The van der Waals surface area contributed by atoms with Crippen molar-refractivity contribution in [2.45, 2.75) is 45.6 Å². The number of cyclic esters (lactones) is 1. The first kappa shape index (κ1) is 31.0. The van der Waals surface area contributed by atoms with Crippen molar-refractivity contribution in [3.63, 3.8) is 0 Å². The average Bonchev–Trinajstić information content (AvgIpc) is 3.28. The second-order valence-electron chi connectivity index (χ2n) is 10.8. The van der Waals surface area contributed by atoms with Crippen LogP contribution in [0.4, 0.5) is 0 Å². The van der Waals surface area contributed by atoms with Crippen LogP contribution in [0.25, 0.3) is 0 Å². The molecule has 12 nitrogen and oxygen atoms in total. The lowest BCUT2D eigenvalue weighted by Crippen LogP contribution is -2.58. The van der Waals surface area contributed by atoms with E-state index >= 15 is 0 Å². The summed E-state index contributed by atoms with van der Waals surface area (Å²) in [6, 6.07) is 0. The van der Waals surface area contributed by atoms with Crippen LogP contribution in [0.3, 0.4) is 0 Å². The standard InChI is InChI=1S/C28H36O12/c1-17-4-7-20-27(2,19(17)6-5-18-9-11-38-26(18)35)10-8-21(40-25(34)15-37-13-23(31)32)28(20,3)16-39-24(33)14-36-12-22(29)30/h5-6,9,19-21H,1,4,7-8,10-16H2,2-3H3,(H,29,30)(H,31,32)/b6-5+/t19-,20+,21-,27+,28+/m1/s1. The molecule has 0 unspecified atom stereocenters. The zero-order valence-electron chi connectivity index (χ0n) is 22.7. The minimum Gasteiger partial charge on any atom is -0.480 e. The summed E-state index contributed by atoms with van der Waals surface area (Å²) in [5, 5.41) is 17.5. The Kier molecular flexibility index (Phi) is 10.3. The summed E-state index contributed by atoms with van der Waals surface area (Å²) < 4.78 is 26.0. The molecule has 5 atom stereocenters. The molecule has 0 aromatic rings. The van der Waals surface area contributed by atoms with Crippen LogP contribution in [-0.2, 0) is 47.7 Å². The Morgan fingerprint density at radius 3 is 2.30 bits per heavy atom. The molecule has 12 heteroatoms. The van der Waals surface area contributed by atoms with Crippen LogP contribution >= 0.6 is 0 Å². The Bertz CT molecular complexity index is 1090. The minimum absolute atomic E-state index is 0.120. The van der Waals surface area contributed by atoms with Crippen LogP contribution < -0.4 is 0 Å². The highest BCUT2D eigenvalue weighted by molar-refractivity contribution is 5.93. The predicted molar refractivity (Wildman–Crippen MR) is 137 cm³/mol. The van der Waals surface area contributed by atoms with Gasteiger partial charge in [-0.3, -0.25) is 0 Å². The molecule has 2 N–H and O–H groups in total. The zero-order valence-corrected chi connectivity index (χ0v) is 22.7. The molecule has 0 amide bonds. The molecule has 3 rings (SSSR count). The third-order valence-electron chi connectivity index (χ3n) is 8.11. The summed E-state index contributed by atoms with van der Waals surface area (Å²) in [5.41, 5.74) is 0.218. The first-order valence-corrected chi connectivity index (χ1v) is 13.0. The highest BCUT2D eigenvalue weighted by Crippen LogP contribution is 2.62. The first-order chi connectivity index (χ1) is 18.9. The third kappa shape index (κ3) is 7.36. The Morgan fingerprint density at radius 2 is 1.70 bits per heavy atom. The van der Waals surface area contributed by atoms with Crippen molar-refractivity contribution in [2.75, 3.05) is 39.6 Å².